The Labute approximate surface area is 560 Å². The molecule has 0 bridgehead atoms. The Hall–Kier alpha value is -0.640. The minimum atomic E-state index is 0.392. The molecule has 8 heterocycles. The van der Waals surface area contributed by atoms with E-state index in [4.69, 9.17) is 0 Å². The maximum atomic E-state index is 2.69. The largest absolute Gasteiger partial charge is 0.315 e. The molecule has 8 aliphatic rings. The zero-order chi connectivity index (χ0) is 70.3. The highest BCUT2D eigenvalue weighted by molar-refractivity contribution is 4.85. The lowest BCUT2D eigenvalue weighted by Gasteiger charge is -2.36. The summed E-state index contributed by atoms with van der Waals surface area (Å²) in [6, 6.07) is 4.53. The zero-order valence-electron chi connectivity index (χ0n) is 68.8. The number of nitrogens with zero attached hydrogens (tertiary/aromatic N) is 16. The third-order valence-corrected chi connectivity index (χ3v) is 24.1. The van der Waals surface area contributed by atoms with Crippen LogP contribution in [0, 0.1) is 5.92 Å². The van der Waals surface area contributed by atoms with E-state index in [1.807, 2.05) is 0 Å². The minimum absolute atomic E-state index is 0.392. The molecule has 0 aromatic carbocycles. The van der Waals surface area contributed by atoms with Gasteiger partial charge in [0, 0.05) is 32.2 Å². The van der Waals surface area contributed by atoms with E-state index in [0.29, 0.717) is 33.7 Å². The highest BCUT2D eigenvalue weighted by Gasteiger charge is 2.49. The Bertz CT molecular complexity index is 2000. The van der Waals surface area contributed by atoms with Crippen molar-refractivity contribution in [2.24, 2.45) is 5.92 Å². The molecule has 16 heteroatoms. The van der Waals surface area contributed by atoms with Crippen LogP contribution in [0.5, 0.6) is 0 Å². The molecule has 0 saturated carbocycles. The van der Waals surface area contributed by atoms with Gasteiger partial charge in [-0.2, -0.15) is 0 Å². The highest BCUT2D eigenvalue weighted by Crippen LogP contribution is 2.32. The molecule has 0 spiro atoms. The molecule has 0 aliphatic carbocycles. The molecule has 534 valence electrons. The first kappa shape index (κ1) is 86.4. The molecule has 8 saturated heterocycles. The molecule has 8 rings (SSSR count). The fraction of sp³-hybridized carbons (Fsp3) is 1.00. The van der Waals surface area contributed by atoms with E-state index in [0.717, 1.165) is 67.5 Å². The summed E-state index contributed by atoms with van der Waals surface area (Å²) in [6.45, 7) is 72.8. The van der Waals surface area contributed by atoms with Crippen LogP contribution in [0.1, 0.15) is 165 Å². The molecule has 8 aliphatic heterocycles. The van der Waals surface area contributed by atoms with Crippen LogP contribution in [0.4, 0.5) is 0 Å². The van der Waals surface area contributed by atoms with Crippen molar-refractivity contribution in [2.75, 3.05) is 253 Å². The monoisotopic (exact) mass is 1270 g/mol. The second-order valence-corrected chi connectivity index (χ2v) is 38.9. The molecular weight excluding hydrogens is 1100 g/mol. The molecule has 0 radical (unpaired) electrons. The lowest BCUT2D eigenvalue weighted by Crippen LogP contribution is -2.52. The van der Waals surface area contributed by atoms with Gasteiger partial charge in [0.1, 0.15) is 82.0 Å². The van der Waals surface area contributed by atoms with E-state index in [1.54, 1.807) is 0 Å². The van der Waals surface area contributed by atoms with E-state index in [2.05, 4.69) is 325 Å². The van der Waals surface area contributed by atoms with Crippen LogP contribution in [0.2, 0.25) is 0 Å². The van der Waals surface area contributed by atoms with Gasteiger partial charge in [-0.15, -0.1) is 0 Å². The van der Waals surface area contributed by atoms with Gasteiger partial charge in [-0.1, -0.05) is 48.0 Å². The molecule has 0 N–H and O–H groups in total. The first-order chi connectivity index (χ1) is 39.6. The number of likely N-dealkylation sites (N-methyl/N-ethyl adjacent to an activating group) is 14. The topological polar surface area (TPSA) is 25.9 Å². The molecule has 5 unspecified atom stereocenters. The van der Waals surface area contributed by atoms with E-state index in [1.165, 1.54) is 136 Å². The van der Waals surface area contributed by atoms with Crippen LogP contribution in [0.3, 0.4) is 0 Å². The smallest absolute Gasteiger partial charge is 0.135 e. The number of hydrogen-bond acceptors (Lipinski definition) is 8. The van der Waals surface area contributed by atoms with Gasteiger partial charge in [0.05, 0.1) is 181 Å². The predicted molar refractivity (Wildman–Crippen MR) is 391 cm³/mol. The van der Waals surface area contributed by atoms with Crippen LogP contribution in [-0.2, 0) is 0 Å². The van der Waals surface area contributed by atoms with Crippen molar-refractivity contribution < 1.29 is 35.9 Å². The van der Waals surface area contributed by atoms with Gasteiger partial charge >= 0.3 is 0 Å². The molecule has 0 aromatic rings. The number of quaternary nitrogens is 8. The van der Waals surface area contributed by atoms with Gasteiger partial charge in [-0.3, -0.25) is 14.7 Å². The molecule has 0 aromatic heterocycles. The summed E-state index contributed by atoms with van der Waals surface area (Å²) < 4.78 is 9.09. The summed E-state index contributed by atoms with van der Waals surface area (Å²) in [5.74, 6) is 0.799. The summed E-state index contributed by atoms with van der Waals surface area (Å²) in [5.41, 5.74) is 2.05. The summed E-state index contributed by atoms with van der Waals surface area (Å²) in [5, 5.41) is 0. The predicted octanol–water partition coefficient (Wildman–Crippen LogP) is 9.32. The van der Waals surface area contributed by atoms with Crippen molar-refractivity contribution in [1.82, 2.24) is 39.2 Å². The maximum Gasteiger partial charge on any atom is 0.135 e. The van der Waals surface area contributed by atoms with Gasteiger partial charge in [-0.05, 0) is 144 Å². The van der Waals surface area contributed by atoms with Gasteiger partial charge in [-0.25, -0.2) is 24.5 Å². The summed E-state index contributed by atoms with van der Waals surface area (Å²) in [7, 11) is 43.6. The summed E-state index contributed by atoms with van der Waals surface area (Å²) in [4.78, 5) is 20.1. The van der Waals surface area contributed by atoms with Gasteiger partial charge in [0.15, 0.2) is 0 Å². The number of rotatable bonds is 8. The molecule has 8 fully saturated rings. The Kier molecular flexibility index (Phi) is 31.2. The summed E-state index contributed by atoms with van der Waals surface area (Å²) >= 11 is 0. The molecular formula is C73H170N16+8. The van der Waals surface area contributed by atoms with Gasteiger partial charge in [0.2, 0.25) is 0 Å². The first-order valence-electron chi connectivity index (χ1n) is 36.0. The van der Waals surface area contributed by atoms with Crippen LogP contribution in [0.15, 0.2) is 0 Å². The second kappa shape index (κ2) is 32.1. The lowest BCUT2D eigenvalue weighted by atomic mass is 10.0. The molecule has 16 nitrogen and oxygen atoms in total. The summed E-state index contributed by atoms with van der Waals surface area (Å²) in [6.07, 6.45) is 2.69. The van der Waals surface area contributed by atoms with E-state index < -0.39 is 0 Å². The average Bonchev–Trinajstić information content (AvgIpc) is 3.64. The quantitative estimate of drug-likeness (QED) is 0.222. The fourth-order valence-electron chi connectivity index (χ4n) is 15.9. The van der Waals surface area contributed by atoms with E-state index in [-0.39, 0.29) is 0 Å². The standard InChI is InChI=1S/C12H27N2.C10H23N2.3C9H21N2.3C8H19N2/c1-6-7-12-9-14(4,5)10-13(12)8-11(2)3;1-9(2)11-7-10(3,4)12(5,6)8-11;1-6-10-8-11(4,5)7-9(10,2)3;1-6-10-7-9(2,3)11(4,5)8-10;1-6-10-7-11(4,5)9(3)8(10)2;1-8(2)6-10(4,5)7-9(8)3;1-8(2)6-9(3)7-10(8,4)5;1-7-8(2)10(4,5)6-9(7)3/h11-12H,6-10H2,1-5H3;9H,7-8H2,1-6H3;2*6-8H2,1-5H3;8-9H,6-7H2,1-5H3;2*6-7H2,1-5H3;7-8H,6H2,1-5H3/q8*+1. The van der Waals surface area contributed by atoms with E-state index >= 15 is 0 Å². The normalized spacial score (nSPS) is 31.5. The molecule has 89 heavy (non-hydrogen) atoms. The Balaban J connectivity index is 0.000000510. The Morgan fingerprint density at radius 2 is 0.888 bits per heavy atom. The van der Waals surface area contributed by atoms with Crippen LogP contribution in [0.25, 0.3) is 0 Å². The zero-order valence-corrected chi connectivity index (χ0v) is 68.8. The fourth-order valence-corrected chi connectivity index (χ4v) is 15.9. The molecule has 5 atom stereocenters. The SMILES string of the molecule is CC(C)N1CC(C)(C)[N+](C)(C)C1.CC1C(C)[N+](C)(C)CN1C.CCCC1C[N+](C)(C)CN1CC(C)C.CCN1CC(C)(C)[N+](C)(C)C1.CCN1C[N+](C)(C)C(C)C1C.CCN1C[N+](C)(C)CC1(C)C.CN1CC(C)(C)[N+](C)(C)C1.CN1C[N+](C)(C)CC1(C)C. The highest BCUT2D eigenvalue weighted by atomic mass is 15.6. The van der Waals surface area contributed by atoms with E-state index in [9.17, 15) is 0 Å². The van der Waals surface area contributed by atoms with Crippen molar-refractivity contribution in [1.29, 1.82) is 0 Å². The maximum absolute atomic E-state index is 2.69. The second-order valence-electron chi connectivity index (χ2n) is 38.9. The third kappa shape index (κ3) is 25.1. The molecule has 0 amide bonds. The average molecular weight is 1270 g/mol. The lowest BCUT2D eigenvalue weighted by molar-refractivity contribution is -0.927. The minimum Gasteiger partial charge on any atom is -0.315 e. The van der Waals surface area contributed by atoms with Crippen LogP contribution >= 0.6 is 0 Å². The third-order valence-electron chi connectivity index (χ3n) is 24.1. The van der Waals surface area contributed by atoms with Gasteiger partial charge < -0.3 is 35.9 Å². The Morgan fingerprint density at radius 3 is 1.09 bits per heavy atom. The van der Waals surface area contributed by atoms with Crippen molar-refractivity contribution in [2.45, 2.75) is 229 Å². The van der Waals surface area contributed by atoms with Crippen molar-refractivity contribution >= 4 is 0 Å². The van der Waals surface area contributed by atoms with Gasteiger partial charge in [0.25, 0.3) is 0 Å². The van der Waals surface area contributed by atoms with Crippen LogP contribution < -0.4 is 0 Å². The van der Waals surface area contributed by atoms with Crippen molar-refractivity contribution in [3.8, 4) is 0 Å². The van der Waals surface area contributed by atoms with Crippen molar-refractivity contribution in [3.63, 3.8) is 0 Å². The number of hydrogen-bond donors (Lipinski definition) is 0. The van der Waals surface area contributed by atoms with Crippen LogP contribution in [-0.4, -0.2) is 392 Å². The first-order valence-corrected chi connectivity index (χ1v) is 36.0. The van der Waals surface area contributed by atoms with Crippen molar-refractivity contribution in [3.05, 3.63) is 0 Å². The Morgan fingerprint density at radius 1 is 0.438 bits per heavy atom.